The van der Waals surface area contributed by atoms with E-state index in [-0.39, 0.29) is 34.0 Å². The fourth-order valence-electron chi connectivity index (χ4n) is 9.95. The number of hydrogen-bond acceptors (Lipinski definition) is 7. The van der Waals surface area contributed by atoms with Gasteiger partial charge in [0, 0.05) is 34.0 Å². The first kappa shape index (κ1) is 35.2. The molecule has 3 heterocycles. The molecule has 2 saturated heterocycles. The van der Waals surface area contributed by atoms with Crippen molar-refractivity contribution in [1.82, 2.24) is 25.1 Å². The summed E-state index contributed by atoms with van der Waals surface area (Å²) >= 11 is 0. The molecule has 1 aromatic heterocycles. The second-order valence-corrected chi connectivity index (χ2v) is 18.1. The molecule has 2 aliphatic heterocycles. The highest BCUT2D eigenvalue weighted by atomic mass is 16.7. The van der Waals surface area contributed by atoms with E-state index in [1.165, 1.54) is 64.2 Å². The maximum atomic E-state index is 6.80. The molecule has 2 atom stereocenters. The van der Waals surface area contributed by atoms with E-state index < -0.39 is 0 Å². The largest absolute Gasteiger partial charge is 0.295 e. The molecular weight excluding hydrogens is 558 g/mol. The van der Waals surface area contributed by atoms with Crippen LogP contribution in [-0.2, 0) is 9.68 Å². The van der Waals surface area contributed by atoms with Crippen molar-refractivity contribution in [1.29, 1.82) is 0 Å². The highest BCUT2D eigenvalue weighted by Crippen LogP contribution is 2.49. The molecule has 45 heavy (non-hydrogen) atoms. The van der Waals surface area contributed by atoms with Gasteiger partial charge in [0.05, 0.1) is 12.2 Å². The molecule has 0 N–H and O–H groups in total. The summed E-state index contributed by atoms with van der Waals surface area (Å²) < 4.78 is 0. The molecule has 0 aromatic carbocycles. The van der Waals surface area contributed by atoms with Crippen molar-refractivity contribution < 1.29 is 9.68 Å². The van der Waals surface area contributed by atoms with E-state index in [9.17, 15) is 0 Å². The zero-order valence-corrected chi connectivity index (χ0v) is 30.9. The monoisotopic (exact) mass is 626 g/mol. The van der Waals surface area contributed by atoms with Gasteiger partial charge >= 0.3 is 0 Å². The fraction of sp³-hybridized carbons (Fsp3) is 0.921. The fourth-order valence-corrected chi connectivity index (χ4v) is 9.95. The summed E-state index contributed by atoms with van der Waals surface area (Å²) in [5.41, 5.74) is -0.218. The van der Waals surface area contributed by atoms with Crippen molar-refractivity contribution in [2.75, 3.05) is 0 Å². The van der Waals surface area contributed by atoms with Crippen molar-refractivity contribution >= 4 is 0 Å². The van der Waals surface area contributed by atoms with E-state index >= 15 is 0 Å². The Hall–Kier alpha value is -1.15. The third-order valence-electron chi connectivity index (χ3n) is 11.9. The normalized spacial score (nSPS) is 28.6. The Balaban J connectivity index is 1.30. The summed E-state index contributed by atoms with van der Waals surface area (Å²) in [6.45, 7) is 25.7. The van der Waals surface area contributed by atoms with Gasteiger partial charge in [0.25, 0.3) is 0 Å². The van der Waals surface area contributed by atoms with E-state index in [0.717, 1.165) is 43.2 Å². The van der Waals surface area contributed by atoms with Crippen molar-refractivity contribution in [2.24, 2.45) is 11.8 Å². The summed E-state index contributed by atoms with van der Waals surface area (Å²) in [5.74, 6) is 4.26. The van der Waals surface area contributed by atoms with Crippen LogP contribution in [0.2, 0.25) is 0 Å². The second kappa shape index (κ2) is 13.4. The maximum absolute atomic E-state index is 6.80. The molecule has 4 aliphatic rings. The molecule has 2 saturated carbocycles. The molecule has 7 heteroatoms. The Bertz CT molecular complexity index is 1020. The SMILES string of the molecule is Cc1nc(C(C)C2CC(C)(C)N(OC3CCCCC3)C(C)(C)C2)nc(C(C)C2CC(C)(C)N(OC3CCCCC3)C(C)(C)C2)n1. The average molecular weight is 626 g/mol. The first-order valence-corrected chi connectivity index (χ1v) is 18.7. The van der Waals surface area contributed by atoms with Crippen LogP contribution in [0.5, 0.6) is 0 Å². The van der Waals surface area contributed by atoms with Gasteiger partial charge < -0.3 is 0 Å². The lowest BCUT2D eigenvalue weighted by Gasteiger charge is -2.56. The quantitative estimate of drug-likeness (QED) is 0.285. The Morgan fingerprint density at radius 3 is 1.16 bits per heavy atom. The van der Waals surface area contributed by atoms with E-state index in [1.54, 1.807) is 0 Å². The van der Waals surface area contributed by atoms with Crippen molar-refractivity contribution in [3.05, 3.63) is 17.5 Å². The Labute approximate surface area is 275 Å². The van der Waals surface area contributed by atoms with Crippen molar-refractivity contribution in [3.63, 3.8) is 0 Å². The zero-order valence-electron chi connectivity index (χ0n) is 30.9. The van der Waals surface area contributed by atoms with Gasteiger partial charge in [-0.05, 0) is 126 Å². The number of aromatic nitrogens is 3. The van der Waals surface area contributed by atoms with Crippen LogP contribution in [0.1, 0.15) is 188 Å². The van der Waals surface area contributed by atoms with Crippen LogP contribution in [0.4, 0.5) is 0 Å². The molecule has 0 amide bonds. The number of rotatable bonds is 8. The van der Waals surface area contributed by atoms with Gasteiger partial charge in [-0.1, -0.05) is 52.4 Å². The highest BCUT2D eigenvalue weighted by molar-refractivity contribution is 5.11. The lowest BCUT2D eigenvalue weighted by Crippen LogP contribution is -2.62. The van der Waals surface area contributed by atoms with Gasteiger partial charge in [0.15, 0.2) is 0 Å². The topological polar surface area (TPSA) is 63.6 Å². The minimum Gasteiger partial charge on any atom is -0.295 e. The van der Waals surface area contributed by atoms with Crippen molar-refractivity contribution in [2.45, 2.75) is 212 Å². The molecule has 0 spiro atoms. The molecule has 2 unspecified atom stereocenters. The van der Waals surface area contributed by atoms with E-state index in [4.69, 9.17) is 24.6 Å². The molecule has 256 valence electrons. The average Bonchev–Trinajstić information content (AvgIpc) is 2.96. The van der Waals surface area contributed by atoms with Crippen LogP contribution in [0, 0.1) is 18.8 Å². The molecule has 0 bridgehead atoms. The minimum absolute atomic E-state index is 0.0544. The third-order valence-corrected chi connectivity index (χ3v) is 11.9. The predicted octanol–water partition coefficient (Wildman–Crippen LogP) is 9.45. The Morgan fingerprint density at radius 1 is 0.533 bits per heavy atom. The minimum atomic E-state index is -0.0544. The summed E-state index contributed by atoms with van der Waals surface area (Å²) in [6, 6.07) is 0. The van der Waals surface area contributed by atoms with Crippen LogP contribution in [-0.4, -0.2) is 59.4 Å². The first-order valence-electron chi connectivity index (χ1n) is 18.7. The highest BCUT2D eigenvalue weighted by Gasteiger charge is 2.51. The van der Waals surface area contributed by atoms with E-state index in [0.29, 0.717) is 24.0 Å². The maximum Gasteiger partial charge on any atom is 0.135 e. The van der Waals surface area contributed by atoms with Gasteiger partial charge in [0.1, 0.15) is 17.5 Å². The standard InChI is InChI=1S/C38H67N5O2/c1-26(29-22-35(4,5)42(36(6,7)23-29)44-31-18-14-12-15-19-31)33-39-28(3)40-34(41-33)27(2)30-24-37(8,9)43(38(10,11)25-30)45-32-20-16-13-17-21-32/h26-27,29-32H,12-25H2,1-11H3. The number of hydrogen-bond donors (Lipinski definition) is 0. The lowest BCUT2D eigenvalue weighted by atomic mass is 9.70. The van der Waals surface area contributed by atoms with E-state index in [1.807, 2.05) is 0 Å². The Kier molecular flexibility index (Phi) is 10.5. The molecule has 5 rings (SSSR count). The number of aryl methyl sites for hydroxylation is 1. The summed E-state index contributed by atoms with van der Waals surface area (Å²) in [5, 5.41) is 4.75. The van der Waals surface area contributed by atoms with Crippen molar-refractivity contribution in [3.8, 4) is 0 Å². The van der Waals surface area contributed by atoms with Crippen LogP contribution in [0.25, 0.3) is 0 Å². The summed E-state index contributed by atoms with van der Waals surface area (Å²) in [6.07, 6.45) is 17.6. The first-order chi connectivity index (χ1) is 21.0. The summed E-state index contributed by atoms with van der Waals surface area (Å²) in [7, 11) is 0. The van der Waals surface area contributed by atoms with Crippen LogP contribution >= 0.6 is 0 Å². The smallest absolute Gasteiger partial charge is 0.135 e. The van der Waals surface area contributed by atoms with Gasteiger partial charge in [0.2, 0.25) is 0 Å². The predicted molar refractivity (Wildman–Crippen MR) is 183 cm³/mol. The summed E-state index contributed by atoms with van der Waals surface area (Å²) in [4.78, 5) is 28.8. The molecule has 7 nitrogen and oxygen atoms in total. The van der Waals surface area contributed by atoms with Crippen LogP contribution in [0.15, 0.2) is 0 Å². The number of piperidine rings is 2. The molecular formula is C38H67N5O2. The van der Waals surface area contributed by atoms with Gasteiger partial charge in [-0.25, -0.2) is 15.0 Å². The number of nitrogens with zero attached hydrogens (tertiary/aromatic N) is 5. The van der Waals surface area contributed by atoms with Gasteiger partial charge in [-0.2, -0.15) is 10.1 Å². The molecule has 0 radical (unpaired) electrons. The van der Waals surface area contributed by atoms with Crippen LogP contribution in [0.3, 0.4) is 0 Å². The molecule has 2 aliphatic carbocycles. The van der Waals surface area contributed by atoms with Gasteiger partial charge in [-0.3, -0.25) is 9.68 Å². The zero-order chi connectivity index (χ0) is 32.8. The molecule has 1 aromatic rings. The molecule has 4 fully saturated rings. The number of hydroxylamine groups is 4. The second-order valence-electron chi connectivity index (χ2n) is 18.1. The van der Waals surface area contributed by atoms with Gasteiger partial charge in [-0.15, -0.1) is 0 Å². The third kappa shape index (κ3) is 7.95. The lowest BCUT2D eigenvalue weighted by molar-refractivity contribution is -0.315. The Morgan fingerprint density at radius 2 is 0.844 bits per heavy atom. The van der Waals surface area contributed by atoms with Crippen LogP contribution < -0.4 is 0 Å². The van der Waals surface area contributed by atoms with E-state index in [2.05, 4.69) is 86.3 Å².